The molecule has 0 saturated carbocycles. The zero-order valence-electron chi connectivity index (χ0n) is 15.2. The number of benzene rings is 2. The zero-order chi connectivity index (χ0) is 18.1. The van der Waals surface area contributed by atoms with Crippen LogP contribution in [-0.4, -0.2) is 17.6 Å². The van der Waals surface area contributed by atoms with Gasteiger partial charge in [0.2, 0.25) is 11.7 Å². The van der Waals surface area contributed by atoms with Gasteiger partial charge >= 0.3 is 0 Å². The number of hydrogen-bond donors (Lipinski definition) is 3. The SMILES string of the molecule is Cc1ccc(NC2=NC(N)(C(C)(C)C)N=C(c3ccccc3)N2)cc1. The molecule has 1 aliphatic rings. The highest BCUT2D eigenvalue weighted by molar-refractivity contribution is 6.13. The predicted octanol–water partition coefficient (Wildman–Crippen LogP) is 3.47. The van der Waals surface area contributed by atoms with E-state index < -0.39 is 5.79 Å². The molecule has 0 radical (unpaired) electrons. The molecule has 2 aromatic rings. The van der Waals surface area contributed by atoms with Crippen molar-refractivity contribution in [3.05, 3.63) is 65.7 Å². The number of nitrogens with zero attached hydrogens (tertiary/aromatic N) is 2. The molecule has 130 valence electrons. The van der Waals surface area contributed by atoms with Gasteiger partial charge in [-0.25, -0.2) is 9.98 Å². The Hall–Kier alpha value is -2.66. The second kappa shape index (κ2) is 6.33. The summed E-state index contributed by atoms with van der Waals surface area (Å²) in [6.45, 7) is 8.18. The van der Waals surface area contributed by atoms with Crippen LogP contribution < -0.4 is 16.4 Å². The largest absolute Gasteiger partial charge is 0.326 e. The molecule has 0 bridgehead atoms. The standard InChI is InChI=1S/C20H25N5/c1-14-10-12-16(13-11-14)22-18-23-17(15-8-6-5-7-9-15)24-20(21,25-18)19(2,3)4/h5-13H,21H2,1-4H3,(H2,22,23,24,25). The summed E-state index contributed by atoms with van der Waals surface area (Å²) in [6, 6.07) is 18.1. The molecule has 4 N–H and O–H groups in total. The van der Waals surface area contributed by atoms with Crippen LogP contribution in [0.5, 0.6) is 0 Å². The van der Waals surface area contributed by atoms with Crippen LogP contribution in [-0.2, 0) is 0 Å². The molecular weight excluding hydrogens is 310 g/mol. The van der Waals surface area contributed by atoms with E-state index in [9.17, 15) is 0 Å². The minimum atomic E-state index is -1.06. The molecule has 0 aromatic heterocycles. The van der Waals surface area contributed by atoms with E-state index in [-0.39, 0.29) is 5.41 Å². The molecule has 1 aliphatic heterocycles. The van der Waals surface area contributed by atoms with Gasteiger partial charge < -0.3 is 10.6 Å². The molecule has 0 fully saturated rings. The summed E-state index contributed by atoms with van der Waals surface area (Å²) in [6.07, 6.45) is 0. The lowest BCUT2D eigenvalue weighted by molar-refractivity contribution is 0.204. The van der Waals surface area contributed by atoms with Gasteiger partial charge in [0.1, 0.15) is 5.84 Å². The van der Waals surface area contributed by atoms with Gasteiger partial charge in [0, 0.05) is 16.7 Å². The van der Waals surface area contributed by atoms with Gasteiger partial charge in [-0.1, -0.05) is 68.8 Å². The second-order valence-corrected chi connectivity index (χ2v) is 7.38. The third kappa shape index (κ3) is 3.72. The quantitative estimate of drug-likeness (QED) is 0.786. The van der Waals surface area contributed by atoms with E-state index in [0.29, 0.717) is 11.8 Å². The third-order valence-corrected chi connectivity index (χ3v) is 4.27. The first-order valence-electron chi connectivity index (χ1n) is 8.42. The molecule has 1 unspecified atom stereocenters. The van der Waals surface area contributed by atoms with Gasteiger partial charge in [0.15, 0.2) is 0 Å². The Morgan fingerprint density at radius 1 is 0.960 bits per heavy atom. The minimum Gasteiger partial charge on any atom is -0.326 e. The number of aryl methyl sites for hydroxylation is 1. The van der Waals surface area contributed by atoms with Crippen LogP contribution in [0.2, 0.25) is 0 Å². The highest BCUT2D eigenvalue weighted by Gasteiger charge is 2.41. The van der Waals surface area contributed by atoms with Crippen molar-refractivity contribution in [2.24, 2.45) is 21.1 Å². The molecule has 5 nitrogen and oxygen atoms in total. The van der Waals surface area contributed by atoms with Gasteiger partial charge in [-0.2, -0.15) is 0 Å². The van der Waals surface area contributed by atoms with Crippen LogP contribution >= 0.6 is 0 Å². The monoisotopic (exact) mass is 335 g/mol. The van der Waals surface area contributed by atoms with Crippen LogP contribution in [0, 0.1) is 12.3 Å². The number of nitrogens with one attached hydrogen (secondary N) is 2. The molecule has 0 amide bonds. The van der Waals surface area contributed by atoms with Crippen molar-refractivity contribution in [1.82, 2.24) is 5.32 Å². The van der Waals surface area contributed by atoms with Crippen LogP contribution in [0.1, 0.15) is 31.9 Å². The van der Waals surface area contributed by atoms with E-state index in [1.165, 1.54) is 5.56 Å². The van der Waals surface area contributed by atoms with Crippen molar-refractivity contribution in [2.45, 2.75) is 33.5 Å². The number of aliphatic imine (C=N–C) groups is 2. The first-order valence-corrected chi connectivity index (χ1v) is 8.42. The number of hydrogen-bond acceptors (Lipinski definition) is 5. The topological polar surface area (TPSA) is 74.8 Å². The molecule has 25 heavy (non-hydrogen) atoms. The summed E-state index contributed by atoms with van der Waals surface area (Å²) < 4.78 is 0. The van der Waals surface area contributed by atoms with Gasteiger partial charge in [-0.3, -0.25) is 5.73 Å². The van der Waals surface area contributed by atoms with Crippen LogP contribution in [0.25, 0.3) is 0 Å². The molecule has 2 aromatic carbocycles. The Balaban J connectivity index is 1.97. The van der Waals surface area contributed by atoms with E-state index >= 15 is 0 Å². The van der Waals surface area contributed by atoms with E-state index in [1.54, 1.807) is 0 Å². The number of nitrogens with two attached hydrogens (primary N) is 1. The summed E-state index contributed by atoms with van der Waals surface area (Å²) in [7, 11) is 0. The van der Waals surface area contributed by atoms with Crippen LogP contribution in [0.4, 0.5) is 5.69 Å². The van der Waals surface area contributed by atoms with Crippen molar-refractivity contribution in [3.63, 3.8) is 0 Å². The van der Waals surface area contributed by atoms with Crippen LogP contribution in [0.3, 0.4) is 0 Å². The number of anilines is 1. The zero-order valence-corrected chi connectivity index (χ0v) is 15.2. The summed E-state index contributed by atoms with van der Waals surface area (Å²) in [5.41, 5.74) is 9.36. The molecular formula is C20H25N5. The van der Waals surface area contributed by atoms with Crippen LogP contribution in [0.15, 0.2) is 64.6 Å². The Morgan fingerprint density at radius 2 is 1.60 bits per heavy atom. The van der Waals surface area contributed by atoms with E-state index in [2.05, 4.69) is 34.7 Å². The van der Waals surface area contributed by atoms with Gasteiger partial charge in [0.25, 0.3) is 0 Å². The van der Waals surface area contributed by atoms with Crippen molar-refractivity contribution < 1.29 is 0 Å². The summed E-state index contributed by atoms with van der Waals surface area (Å²) in [4.78, 5) is 9.38. The van der Waals surface area contributed by atoms with E-state index in [0.717, 1.165) is 11.3 Å². The Morgan fingerprint density at radius 3 is 2.20 bits per heavy atom. The average Bonchev–Trinajstić information content (AvgIpc) is 2.56. The van der Waals surface area contributed by atoms with Crippen molar-refractivity contribution in [3.8, 4) is 0 Å². The predicted molar refractivity (Wildman–Crippen MR) is 105 cm³/mol. The lowest BCUT2D eigenvalue weighted by atomic mass is 9.87. The Bertz CT molecular complexity index is 800. The maximum Gasteiger partial charge on any atom is 0.212 e. The fourth-order valence-electron chi connectivity index (χ4n) is 2.43. The third-order valence-electron chi connectivity index (χ3n) is 4.27. The van der Waals surface area contributed by atoms with Crippen molar-refractivity contribution in [2.75, 3.05) is 5.32 Å². The first-order chi connectivity index (χ1) is 11.8. The molecule has 5 heteroatoms. The fraction of sp³-hybridized carbons (Fsp3) is 0.300. The number of rotatable bonds is 2. The highest BCUT2D eigenvalue weighted by Crippen LogP contribution is 2.32. The van der Waals surface area contributed by atoms with Gasteiger partial charge in [-0.05, 0) is 19.1 Å². The Labute approximate surface area is 149 Å². The smallest absolute Gasteiger partial charge is 0.212 e. The first kappa shape index (κ1) is 17.2. The summed E-state index contributed by atoms with van der Waals surface area (Å²) in [5.74, 6) is 0.244. The number of amidine groups is 1. The molecule has 1 atom stereocenters. The highest BCUT2D eigenvalue weighted by atomic mass is 15.4. The molecule has 0 aliphatic carbocycles. The average molecular weight is 335 g/mol. The normalized spacial score (nSPS) is 20.4. The molecule has 0 saturated heterocycles. The molecule has 3 rings (SSSR count). The maximum atomic E-state index is 6.58. The fourth-order valence-corrected chi connectivity index (χ4v) is 2.43. The molecule has 1 heterocycles. The Kier molecular flexibility index (Phi) is 4.35. The van der Waals surface area contributed by atoms with Crippen molar-refractivity contribution in [1.29, 1.82) is 0 Å². The maximum absolute atomic E-state index is 6.58. The van der Waals surface area contributed by atoms with Crippen molar-refractivity contribution >= 4 is 17.5 Å². The summed E-state index contributed by atoms with van der Waals surface area (Å²) >= 11 is 0. The van der Waals surface area contributed by atoms with E-state index in [1.807, 2.05) is 63.2 Å². The lowest BCUT2D eigenvalue weighted by Crippen LogP contribution is -2.56. The molecule has 0 spiro atoms. The van der Waals surface area contributed by atoms with Gasteiger partial charge in [0.05, 0.1) is 0 Å². The van der Waals surface area contributed by atoms with E-state index in [4.69, 9.17) is 10.7 Å². The minimum absolute atomic E-state index is 0.338. The summed E-state index contributed by atoms with van der Waals surface area (Å²) in [5, 5.41) is 6.58. The van der Waals surface area contributed by atoms with Gasteiger partial charge in [-0.15, -0.1) is 0 Å². The number of guanidine groups is 1. The lowest BCUT2D eigenvalue weighted by Gasteiger charge is -2.38. The second-order valence-electron chi connectivity index (χ2n) is 7.38.